The van der Waals surface area contributed by atoms with Crippen molar-refractivity contribution in [1.29, 1.82) is 0 Å². The van der Waals surface area contributed by atoms with Crippen LogP contribution in [-0.4, -0.2) is 52.4 Å². The fourth-order valence-corrected chi connectivity index (χ4v) is 4.76. The summed E-state index contributed by atoms with van der Waals surface area (Å²) >= 11 is 0. The van der Waals surface area contributed by atoms with Crippen molar-refractivity contribution in [2.45, 2.75) is 32.6 Å². The van der Waals surface area contributed by atoms with Crippen molar-refractivity contribution < 1.29 is 13.9 Å². The number of likely N-dealkylation sites (tertiary alicyclic amines) is 1. The molecule has 2 fully saturated rings. The van der Waals surface area contributed by atoms with Crippen LogP contribution in [0.15, 0.2) is 47.1 Å². The highest BCUT2D eigenvalue weighted by Crippen LogP contribution is 2.49. The summed E-state index contributed by atoms with van der Waals surface area (Å²) in [6.07, 6.45) is 5.12. The van der Waals surface area contributed by atoms with E-state index in [-0.39, 0.29) is 17.4 Å². The predicted molar refractivity (Wildman–Crippen MR) is 119 cm³/mol. The molecule has 1 aromatic carbocycles. The number of aromatic nitrogens is 3. The molecular formula is C24H27N5O3. The summed E-state index contributed by atoms with van der Waals surface area (Å²) in [5.41, 5.74) is 3.87. The molecule has 5 rings (SSSR count). The molecule has 2 saturated heterocycles. The molecule has 0 bridgehead atoms. The number of hydrogen-bond acceptors (Lipinski definition) is 6. The number of rotatable bonds is 3. The number of nitrogens with zero attached hydrogens (tertiary/aromatic N) is 4. The Labute approximate surface area is 187 Å². The highest BCUT2D eigenvalue weighted by atomic mass is 16.5. The number of amides is 2. The summed E-state index contributed by atoms with van der Waals surface area (Å²) in [6, 6.07) is 9.56. The van der Waals surface area contributed by atoms with Crippen LogP contribution in [0.3, 0.4) is 0 Å². The number of benzene rings is 1. The summed E-state index contributed by atoms with van der Waals surface area (Å²) in [5, 5.41) is 11.7. The maximum atomic E-state index is 13.2. The van der Waals surface area contributed by atoms with Gasteiger partial charge in [-0.25, -0.2) is 4.79 Å². The summed E-state index contributed by atoms with van der Waals surface area (Å²) in [4.78, 5) is 19.1. The Morgan fingerprint density at radius 1 is 1.09 bits per heavy atom. The topological polar surface area (TPSA) is 93.4 Å². The monoisotopic (exact) mass is 433 g/mol. The van der Waals surface area contributed by atoms with Gasteiger partial charge in [0.25, 0.3) is 0 Å². The van der Waals surface area contributed by atoms with Crippen LogP contribution in [-0.2, 0) is 4.74 Å². The Bertz CT molecular complexity index is 1110. The fraction of sp³-hybridized carbons (Fsp3) is 0.417. The van der Waals surface area contributed by atoms with Gasteiger partial charge in [0.05, 0.1) is 5.92 Å². The normalized spacial score (nSPS) is 19.9. The zero-order chi connectivity index (χ0) is 22.1. The molecule has 1 unspecified atom stereocenters. The number of ether oxygens (including phenoxy) is 1. The van der Waals surface area contributed by atoms with Gasteiger partial charge in [-0.05, 0) is 62.1 Å². The molecule has 8 heteroatoms. The van der Waals surface area contributed by atoms with E-state index in [0.29, 0.717) is 38.1 Å². The van der Waals surface area contributed by atoms with Crippen LogP contribution < -0.4 is 5.32 Å². The molecular weight excluding hydrogens is 406 g/mol. The van der Waals surface area contributed by atoms with Crippen molar-refractivity contribution in [3.63, 3.8) is 0 Å². The van der Waals surface area contributed by atoms with Gasteiger partial charge in [0.1, 0.15) is 0 Å². The number of pyridine rings is 1. The van der Waals surface area contributed by atoms with Crippen molar-refractivity contribution in [3.8, 4) is 11.5 Å². The predicted octanol–water partition coefficient (Wildman–Crippen LogP) is 4.18. The molecule has 1 spiro atoms. The summed E-state index contributed by atoms with van der Waals surface area (Å²) < 4.78 is 11.7. The number of aryl methyl sites for hydroxylation is 2. The van der Waals surface area contributed by atoms with Gasteiger partial charge in [0, 0.05) is 55.4 Å². The number of urea groups is 1. The smallest absolute Gasteiger partial charge is 0.321 e. The lowest BCUT2D eigenvalue weighted by Crippen LogP contribution is -2.38. The van der Waals surface area contributed by atoms with E-state index in [1.807, 2.05) is 42.2 Å². The van der Waals surface area contributed by atoms with Crippen molar-refractivity contribution in [2.75, 3.05) is 31.6 Å². The maximum Gasteiger partial charge on any atom is 0.321 e. The molecule has 2 aromatic heterocycles. The van der Waals surface area contributed by atoms with E-state index in [0.717, 1.165) is 29.7 Å². The van der Waals surface area contributed by atoms with Crippen molar-refractivity contribution in [3.05, 3.63) is 59.7 Å². The van der Waals surface area contributed by atoms with Gasteiger partial charge in [-0.3, -0.25) is 4.98 Å². The lowest BCUT2D eigenvalue weighted by molar-refractivity contribution is 0.0104. The van der Waals surface area contributed by atoms with E-state index in [1.165, 1.54) is 5.56 Å². The second kappa shape index (κ2) is 8.35. The number of nitrogens with one attached hydrogen (secondary N) is 1. The second-order valence-electron chi connectivity index (χ2n) is 8.82. The van der Waals surface area contributed by atoms with E-state index >= 15 is 0 Å². The third-order valence-corrected chi connectivity index (χ3v) is 6.85. The van der Waals surface area contributed by atoms with Crippen LogP contribution in [0.5, 0.6) is 0 Å². The molecule has 32 heavy (non-hydrogen) atoms. The Kier molecular flexibility index (Phi) is 5.38. The molecule has 0 radical (unpaired) electrons. The minimum atomic E-state index is -0.124. The van der Waals surface area contributed by atoms with Gasteiger partial charge in [-0.1, -0.05) is 6.07 Å². The third-order valence-electron chi connectivity index (χ3n) is 6.85. The Morgan fingerprint density at radius 3 is 2.62 bits per heavy atom. The number of carbonyl (C=O) groups is 1. The largest absolute Gasteiger partial charge is 0.420 e. The molecule has 0 aliphatic carbocycles. The average Bonchev–Trinajstić information content (AvgIpc) is 3.43. The van der Waals surface area contributed by atoms with Crippen LogP contribution in [0.1, 0.15) is 35.8 Å². The standard InChI is InChI=1S/C24H27N5O3/c1-16-3-4-19(13-17(16)2)26-23(30)29-14-20(24(15-29)7-11-31-12-8-24)22-28-27-21(32-22)18-5-9-25-10-6-18/h3-6,9-10,13,20H,7-8,11-12,14-15H2,1-2H3,(H,26,30). The Morgan fingerprint density at radius 2 is 1.88 bits per heavy atom. The Hall–Kier alpha value is -3.26. The molecule has 4 heterocycles. The van der Waals surface area contributed by atoms with Gasteiger partial charge in [-0.2, -0.15) is 0 Å². The summed E-state index contributed by atoms with van der Waals surface area (Å²) in [6.45, 7) is 6.64. The van der Waals surface area contributed by atoms with Crippen molar-refractivity contribution in [1.82, 2.24) is 20.1 Å². The number of hydrogen-bond donors (Lipinski definition) is 1. The SMILES string of the molecule is Cc1ccc(NC(=O)N2CC(c3nnc(-c4ccncc4)o3)C3(CCOCC3)C2)cc1C. The highest BCUT2D eigenvalue weighted by molar-refractivity contribution is 5.89. The van der Waals surface area contributed by atoms with E-state index in [1.54, 1.807) is 12.4 Å². The third kappa shape index (κ3) is 3.86. The summed E-state index contributed by atoms with van der Waals surface area (Å²) in [7, 11) is 0. The van der Waals surface area contributed by atoms with E-state index in [4.69, 9.17) is 9.15 Å². The molecule has 2 aliphatic heterocycles. The highest BCUT2D eigenvalue weighted by Gasteiger charge is 2.51. The van der Waals surface area contributed by atoms with E-state index in [2.05, 4.69) is 27.4 Å². The molecule has 2 amide bonds. The van der Waals surface area contributed by atoms with Crippen LogP contribution >= 0.6 is 0 Å². The molecule has 3 aromatic rings. The minimum Gasteiger partial charge on any atom is -0.420 e. The zero-order valence-electron chi connectivity index (χ0n) is 18.4. The van der Waals surface area contributed by atoms with Gasteiger partial charge in [-0.15, -0.1) is 10.2 Å². The quantitative estimate of drug-likeness (QED) is 0.666. The van der Waals surface area contributed by atoms with Gasteiger partial charge < -0.3 is 19.4 Å². The van der Waals surface area contributed by atoms with Crippen LogP contribution in [0.4, 0.5) is 10.5 Å². The average molecular weight is 434 g/mol. The van der Waals surface area contributed by atoms with Gasteiger partial charge >= 0.3 is 6.03 Å². The molecule has 166 valence electrons. The first kappa shape index (κ1) is 20.6. The second-order valence-corrected chi connectivity index (χ2v) is 8.82. The number of carbonyl (C=O) groups excluding carboxylic acids is 1. The lowest BCUT2D eigenvalue weighted by atomic mass is 9.72. The molecule has 1 atom stereocenters. The lowest BCUT2D eigenvalue weighted by Gasteiger charge is -2.36. The van der Waals surface area contributed by atoms with Crippen LogP contribution in [0, 0.1) is 19.3 Å². The minimum absolute atomic E-state index is 0.0278. The van der Waals surface area contributed by atoms with Gasteiger partial charge in [0.15, 0.2) is 0 Å². The fourth-order valence-electron chi connectivity index (χ4n) is 4.76. The molecule has 0 saturated carbocycles. The molecule has 1 N–H and O–H groups in total. The molecule has 2 aliphatic rings. The first-order valence-electron chi connectivity index (χ1n) is 11.0. The van der Waals surface area contributed by atoms with Crippen molar-refractivity contribution in [2.24, 2.45) is 5.41 Å². The maximum absolute atomic E-state index is 13.2. The van der Waals surface area contributed by atoms with E-state index < -0.39 is 0 Å². The number of anilines is 1. The zero-order valence-corrected chi connectivity index (χ0v) is 18.4. The van der Waals surface area contributed by atoms with Crippen LogP contribution in [0.25, 0.3) is 11.5 Å². The summed E-state index contributed by atoms with van der Waals surface area (Å²) in [5.74, 6) is 1.03. The van der Waals surface area contributed by atoms with Gasteiger partial charge in [0.2, 0.25) is 11.8 Å². The van der Waals surface area contributed by atoms with Crippen LogP contribution in [0.2, 0.25) is 0 Å². The first-order valence-corrected chi connectivity index (χ1v) is 11.0. The first-order chi connectivity index (χ1) is 15.5. The molecule has 8 nitrogen and oxygen atoms in total. The Balaban J connectivity index is 1.39. The van der Waals surface area contributed by atoms with E-state index in [9.17, 15) is 4.79 Å². The van der Waals surface area contributed by atoms with Crippen molar-refractivity contribution >= 4 is 11.7 Å².